The zero-order chi connectivity index (χ0) is 42.5. The zero-order valence-electron chi connectivity index (χ0n) is 35.8. The van der Waals surface area contributed by atoms with Gasteiger partial charge in [0.05, 0.1) is 38.0 Å². The molecule has 0 radical (unpaired) electrons. The van der Waals surface area contributed by atoms with Crippen molar-refractivity contribution < 1.29 is 29.7 Å². The highest BCUT2D eigenvalue weighted by molar-refractivity contribution is 8.76. The van der Waals surface area contributed by atoms with Crippen LogP contribution in [0, 0.1) is 0 Å². The van der Waals surface area contributed by atoms with Crippen LogP contribution in [0.15, 0.2) is 103 Å². The molecule has 1 aromatic heterocycles. The number of aromatic nitrogens is 1. The van der Waals surface area contributed by atoms with Crippen LogP contribution >= 0.6 is 21.6 Å². The monoisotopic (exact) mass is 854 g/mol. The van der Waals surface area contributed by atoms with Crippen molar-refractivity contribution in [2.24, 2.45) is 0 Å². The van der Waals surface area contributed by atoms with Crippen molar-refractivity contribution in [2.45, 2.75) is 64.2 Å². The molecule has 4 N–H and O–H groups in total. The minimum Gasteiger partial charge on any atom is -0.391 e. The third kappa shape index (κ3) is 16.3. The van der Waals surface area contributed by atoms with Crippen LogP contribution in [-0.4, -0.2) is 115 Å². The van der Waals surface area contributed by atoms with Gasteiger partial charge in [-0.1, -0.05) is 76.2 Å². The first-order chi connectivity index (χ1) is 29.2. The van der Waals surface area contributed by atoms with E-state index in [2.05, 4.69) is 135 Å². The third-order valence-corrected chi connectivity index (χ3v) is 13.5. The van der Waals surface area contributed by atoms with Crippen LogP contribution in [-0.2, 0) is 16.1 Å². The van der Waals surface area contributed by atoms with Gasteiger partial charge in [-0.15, -0.1) is 0 Å². The van der Waals surface area contributed by atoms with Gasteiger partial charge in [-0.25, -0.2) is 4.57 Å². The summed E-state index contributed by atoms with van der Waals surface area (Å²) in [6, 6.07) is 21.1. The molecule has 0 spiro atoms. The maximum absolute atomic E-state index is 12.7. The van der Waals surface area contributed by atoms with Gasteiger partial charge in [-0.2, -0.15) is 0 Å². The van der Waals surface area contributed by atoms with Gasteiger partial charge in [0, 0.05) is 88.1 Å². The van der Waals surface area contributed by atoms with Gasteiger partial charge < -0.3 is 35.1 Å². The number of rotatable bonds is 23. The zero-order valence-corrected chi connectivity index (χ0v) is 37.4. The lowest BCUT2D eigenvalue weighted by molar-refractivity contribution is -0.696. The summed E-state index contributed by atoms with van der Waals surface area (Å²) in [4.78, 5) is 33.5. The van der Waals surface area contributed by atoms with Crippen LogP contribution < -0.4 is 19.7 Å². The molecule has 3 heterocycles. The summed E-state index contributed by atoms with van der Waals surface area (Å²) >= 11 is 0. The van der Waals surface area contributed by atoms with E-state index in [0.29, 0.717) is 39.0 Å². The number of carbonyl (C=O) groups excluding carboxylic acids is 2. The van der Waals surface area contributed by atoms with E-state index in [9.17, 15) is 19.8 Å². The van der Waals surface area contributed by atoms with Crippen LogP contribution in [0.25, 0.3) is 18.2 Å². The summed E-state index contributed by atoms with van der Waals surface area (Å²) in [6.45, 7) is 8.15. The Morgan fingerprint density at radius 1 is 0.733 bits per heavy atom. The molecule has 0 saturated carbocycles. The molecule has 2 unspecified atom stereocenters. The number of hydrogen-bond donors (Lipinski definition) is 3. The lowest BCUT2D eigenvalue weighted by atomic mass is 10.1. The first-order valence-corrected chi connectivity index (χ1v) is 24.0. The molecule has 2 fully saturated rings. The highest BCUT2D eigenvalue weighted by Gasteiger charge is 2.21. The minimum absolute atomic E-state index is 0.172. The molecule has 2 atom stereocenters. The fourth-order valence-corrected chi connectivity index (χ4v) is 9.20. The van der Waals surface area contributed by atoms with E-state index in [1.165, 1.54) is 0 Å². The van der Waals surface area contributed by atoms with Gasteiger partial charge in [-0.3, -0.25) is 9.59 Å². The minimum atomic E-state index is -0.224. The molecule has 3 aromatic rings. The molecule has 2 aliphatic rings. The SMILES string of the molecule is C/C=C(\C=C/[NH2+]CCN(C)C(=O)CCCSSCCCC(=O)N(C)CC[n+]1ccc(/C=C/c2ccc(N3CCC(O)C3)cc2)cc1)/C=C/c1ccc(N2CCC(O)C2)cc1. The van der Waals surface area contributed by atoms with Gasteiger partial charge in [0.1, 0.15) is 0 Å². The molecule has 0 aliphatic carbocycles. The van der Waals surface area contributed by atoms with E-state index in [-0.39, 0.29) is 24.0 Å². The Morgan fingerprint density at radius 2 is 1.23 bits per heavy atom. The van der Waals surface area contributed by atoms with E-state index >= 15 is 0 Å². The quantitative estimate of drug-likeness (QED) is 0.0471. The Labute approximate surface area is 366 Å². The Bertz CT molecular complexity index is 1880. The number of nitrogens with zero attached hydrogens (tertiary/aromatic N) is 5. The van der Waals surface area contributed by atoms with Crippen molar-refractivity contribution >= 4 is 63.0 Å². The highest BCUT2D eigenvalue weighted by atomic mass is 33.1. The number of anilines is 2. The van der Waals surface area contributed by atoms with Crippen LogP contribution in [0.5, 0.6) is 0 Å². The molecule has 2 aromatic carbocycles. The largest absolute Gasteiger partial charge is 0.391 e. The summed E-state index contributed by atoms with van der Waals surface area (Å²) in [5.41, 5.74) is 6.82. The van der Waals surface area contributed by atoms with Gasteiger partial charge in [0.15, 0.2) is 18.9 Å². The maximum Gasteiger partial charge on any atom is 0.222 e. The van der Waals surface area contributed by atoms with E-state index in [0.717, 1.165) is 97.0 Å². The Kier molecular flexibility index (Phi) is 19.8. The van der Waals surface area contributed by atoms with Crippen molar-refractivity contribution in [2.75, 3.05) is 81.2 Å². The predicted molar refractivity (Wildman–Crippen MR) is 252 cm³/mol. The smallest absolute Gasteiger partial charge is 0.222 e. The second-order valence-corrected chi connectivity index (χ2v) is 18.4. The molecule has 60 heavy (non-hydrogen) atoms. The number of allylic oxidation sites excluding steroid dienone is 4. The van der Waals surface area contributed by atoms with Gasteiger partial charge in [-0.05, 0) is 85.2 Å². The summed E-state index contributed by atoms with van der Waals surface area (Å²) in [7, 11) is 7.34. The van der Waals surface area contributed by atoms with E-state index < -0.39 is 0 Å². The molecule has 322 valence electrons. The number of aliphatic hydroxyl groups excluding tert-OH is 2. The van der Waals surface area contributed by atoms with E-state index in [1.54, 1.807) is 21.6 Å². The van der Waals surface area contributed by atoms with E-state index in [4.69, 9.17) is 0 Å². The number of hydrogen-bond acceptors (Lipinski definition) is 8. The van der Waals surface area contributed by atoms with Crippen LogP contribution in [0.3, 0.4) is 0 Å². The van der Waals surface area contributed by atoms with Crippen LogP contribution in [0.1, 0.15) is 62.1 Å². The third-order valence-electron chi connectivity index (χ3n) is 11.0. The number of pyridine rings is 1. The number of benzene rings is 2. The Morgan fingerprint density at radius 3 is 1.73 bits per heavy atom. The molecule has 10 nitrogen and oxygen atoms in total. The summed E-state index contributed by atoms with van der Waals surface area (Å²) < 4.78 is 2.11. The number of quaternary nitrogens is 1. The highest BCUT2D eigenvalue weighted by Crippen LogP contribution is 2.25. The van der Waals surface area contributed by atoms with Crippen molar-refractivity contribution in [1.29, 1.82) is 0 Å². The maximum atomic E-state index is 12.7. The van der Waals surface area contributed by atoms with Crippen molar-refractivity contribution in [3.63, 3.8) is 0 Å². The second-order valence-electron chi connectivity index (χ2n) is 15.6. The Hall–Kier alpha value is -4.33. The van der Waals surface area contributed by atoms with Crippen molar-refractivity contribution in [1.82, 2.24) is 9.80 Å². The van der Waals surface area contributed by atoms with Crippen molar-refractivity contribution in [3.05, 3.63) is 120 Å². The molecular weight excluding hydrogens is 789 g/mol. The fourth-order valence-electron chi connectivity index (χ4n) is 7.03. The summed E-state index contributed by atoms with van der Waals surface area (Å²) in [6.07, 6.45) is 22.8. The number of carbonyl (C=O) groups is 2. The molecular formula is C48H66N6O4S2+2. The summed E-state index contributed by atoms with van der Waals surface area (Å²) in [5, 5.41) is 21.7. The second kappa shape index (κ2) is 25.4. The molecule has 12 heteroatoms. The molecule has 0 bridgehead atoms. The topological polar surface area (TPSA) is 108 Å². The van der Waals surface area contributed by atoms with E-state index in [1.807, 2.05) is 30.8 Å². The van der Waals surface area contributed by atoms with Crippen LogP contribution in [0.2, 0.25) is 0 Å². The van der Waals surface area contributed by atoms with Gasteiger partial charge in [0.25, 0.3) is 0 Å². The standard InChI is InChI=1S/C48H65N6O4S2/c1-4-39(9-10-40-13-17-43(18-14-40)53-30-24-45(55)37-53)21-26-49-27-32-50(2)47(57)7-5-35-59-60-36-6-8-48(58)51(3)33-34-52-28-22-42(23-29-52)12-11-41-15-19-44(20-16-41)54-31-25-46(56)38-54/h4,9-23,26,28-29,45-46,49,55-56H,5-8,24-25,27,30-38H2,1-3H3/q+1/p+1/b10-9+,26-21-,39-4-. The average Bonchev–Trinajstić information content (AvgIpc) is 3.92. The van der Waals surface area contributed by atoms with Crippen LogP contribution in [0.4, 0.5) is 11.4 Å². The fraction of sp³-hybridized carbons (Fsp3) is 0.438. The number of amides is 2. The van der Waals surface area contributed by atoms with Gasteiger partial charge >= 0.3 is 0 Å². The lowest BCUT2D eigenvalue weighted by Crippen LogP contribution is -2.79. The molecule has 2 amide bonds. The Balaban J connectivity index is 0.849. The molecule has 2 saturated heterocycles. The summed E-state index contributed by atoms with van der Waals surface area (Å²) in [5.74, 6) is 2.19. The first kappa shape index (κ1) is 46.7. The van der Waals surface area contributed by atoms with Crippen molar-refractivity contribution in [3.8, 4) is 0 Å². The molecule has 2 aliphatic heterocycles. The number of aliphatic hydroxyl groups is 2. The average molecular weight is 855 g/mol. The number of β-amino-alcohol motifs (C(OH)–C–C–N with tert-alkyl or cyclic N) is 2. The van der Waals surface area contributed by atoms with Gasteiger partial charge in [0.2, 0.25) is 11.8 Å². The number of likely N-dealkylation sites (N-methyl/N-ethyl adjacent to an activating group) is 2. The predicted octanol–water partition coefficient (Wildman–Crippen LogP) is 5.88. The molecule has 5 rings (SSSR count). The normalized spacial score (nSPS) is 17.2. The lowest BCUT2D eigenvalue weighted by Gasteiger charge is -2.17. The number of nitrogens with two attached hydrogens (primary N) is 1. The first-order valence-electron chi connectivity index (χ1n) is 21.5.